The first-order valence-electron chi connectivity index (χ1n) is 6.34. The zero-order chi connectivity index (χ0) is 13.2. The molecule has 2 N–H and O–H groups in total. The van der Waals surface area contributed by atoms with Crippen molar-refractivity contribution in [1.29, 1.82) is 0 Å². The molecule has 0 aromatic heterocycles. The van der Waals surface area contributed by atoms with Crippen LogP contribution in [0.5, 0.6) is 0 Å². The number of aliphatic hydroxyl groups is 2. The van der Waals surface area contributed by atoms with E-state index < -0.39 is 11.7 Å². The van der Waals surface area contributed by atoms with E-state index in [-0.39, 0.29) is 0 Å². The lowest BCUT2D eigenvalue weighted by atomic mass is 9.83. The Hall–Kier alpha value is -0.860. The van der Waals surface area contributed by atoms with Crippen molar-refractivity contribution in [2.24, 2.45) is 0 Å². The molecule has 2 heteroatoms. The summed E-state index contributed by atoms with van der Waals surface area (Å²) in [4.78, 5) is 0. The van der Waals surface area contributed by atoms with Crippen LogP contribution in [0.15, 0.2) is 12.1 Å². The summed E-state index contributed by atoms with van der Waals surface area (Å²) in [6.07, 6.45) is 0.297. The number of aryl methyl sites for hydroxylation is 3. The first-order chi connectivity index (χ1) is 7.85. The second kappa shape index (κ2) is 5.19. The smallest absolute Gasteiger partial charge is 0.108 e. The van der Waals surface area contributed by atoms with E-state index >= 15 is 0 Å². The Morgan fingerprint density at radius 1 is 1.00 bits per heavy atom. The minimum absolute atomic E-state index is 0.553. The Morgan fingerprint density at radius 2 is 1.47 bits per heavy atom. The molecule has 0 radical (unpaired) electrons. The maximum atomic E-state index is 10.4. The standard InChI is InChI=1S/C15H24O2/c1-6-15(17,7-2)14(16)13-9-11(4)10(3)8-12(13)5/h8-9,14,16-17H,6-7H2,1-5H3. The summed E-state index contributed by atoms with van der Waals surface area (Å²) < 4.78 is 0. The Morgan fingerprint density at radius 3 is 1.94 bits per heavy atom. The summed E-state index contributed by atoms with van der Waals surface area (Å²) in [7, 11) is 0. The van der Waals surface area contributed by atoms with Crippen LogP contribution in [-0.2, 0) is 0 Å². The van der Waals surface area contributed by atoms with Crippen molar-refractivity contribution in [2.75, 3.05) is 0 Å². The monoisotopic (exact) mass is 236 g/mol. The minimum atomic E-state index is -1.02. The maximum absolute atomic E-state index is 10.4. The van der Waals surface area contributed by atoms with Gasteiger partial charge in [0.15, 0.2) is 0 Å². The van der Waals surface area contributed by atoms with Crippen LogP contribution in [0.2, 0.25) is 0 Å². The largest absolute Gasteiger partial charge is 0.387 e. The maximum Gasteiger partial charge on any atom is 0.108 e. The molecule has 1 aromatic carbocycles. The zero-order valence-corrected chi connectivity index (χ0v) is 11.5. The fourth-order valence-corrected chi connectivity index (χ4v) is 2.20. The van der Waals surface area contributed by atoms with Gasteiger partial charge in [-0.2, -0.15) is 0 Å². The van der Waals surface area contributed by atoms with E-state index in [9.17, 15) is 10.2 Å². The van der Waals surface area contributed by atoms with Gasteiger partial charge >= 0.3 is 0 Å². The summed E-state index contributed by atoms with van der Waals surface area (Å²) in [5.74, 6) is 0. The highest BCUT2D eigenvalue weighted by Gasteiger charge is 2.33. The molecule has 0 aliphatic rings. The summed E-state index contributed by atoms with van der Waals surface area (Å²) in [5, 5.41) is 20.8. The van der Waals surface area contributed by atoms with Gasteiger partial charge in [-0.3, -0.25) is 0 Å². The van der Waals surface area contributed by atoms with Gasteiger partial charge in [0.25, 0.3) is 0 Å². The Kier molecular flexibility index (Phi) is 4.34. The topological polar surface area (TPSA) is 40.5 Å². The number of hydrogen-bond donors (Lipinski definition) is 2. The molecular formula is C15H24O2. The molecule has 0 amide bonds. The predicted molar refractivity (Wildman–Crippen MR) is 71.1 cm³/mol. The molecule has 96 valence electrons. The van der Waals surface area contributed by atoms with Crippen LogP contribution in [0, 0.1) is 20.8 Å². The van der Waals surface area contributed by atoms with Crippen LogP contribution in [-0.4, -0.2) is 15.8 Å². The third kappa shape index (κ3) is 2.70. The molecule has 1 rings (SSSR count). The van der Waals surface area contributed by atoms with Crippen LogP contribution in [0.3, 0.4) is 0 Å². The van der Waals surface area contributed by atoms with Gasteiger partial charge in [-0.1, -0.05) is 26.0 Å². The fraction of sp³-hybridized carbons (Fsp3) is 0.600. The van der Waals surface area contributed by atoms with Crippen molar-refractivity contribution >= 4 is 0 Å². The molecule has 17 heavy (non-hydrogen) atoms. The van der Waals surface area contributed by atoms with E-state index in [0.29, 0.717) is 12.8 Å². The van der Waals surface area contributed by atoms with E-state index in [4.69, 9.17) is 0 Å². The van der Waals surface area contributed by atoms with Gasteiger partial charge in [-0.15, -0.1) is 0 Å². The van der Waals surface area contributed by atoms with Crippen molar-refractivity contribution in [3.8, 4) is 0 Å². The molecule has 2 nitrogen and oxygen atoms in total. The lowest BCUT2D eigenvalue weighted by Gasteiger charge is -2.32. The molecule has 0 bridgehead atoms. The molecule has 0 fully saturated rings. The van der Waals surface area contributed by atoms with E-state index in [0.717, 1.165) is 16.7 Å². The van der Waals surface area contributed by atoms with Crippen LogP contribution in [0.25, 0.3) is 0 Å². The molecule has 1 atom stereocenters. The van der Waals surface area contributed by atoms with Crippen LogP contribution < -0.4 is 0 Å². The molecule has 0 heterocycles. The SMILES string of the molecule is CCC(O)(CC)C(O)c1cc(C)c(C)cc1C. The average Bonchev–Trinajstić information content (AvgIpc) is 2.32. The summed E-state index contributed by atoms with van der Waals surface area (Å²) in [6.45, 7) is 9.88. The van der Waals surface area contributed by atoms with Crippen LogP contribution in [0.4, 0.5) is 0 Å². The summed E-state index contributed by atoms with van der Waals surface area (Å²) >= 11 is 0. The van der Waals surface area contributed by atoms with Crippen molar-refractivity contribution in [3.05, 3.63) is 34.4 Å². The molecule has 1 unspecified atom stereocenters. The van der Waals surface area contributed by atoms with Gasteiger partial charge in [0, 0.05) is 0 Å². The van der Waals surface area contributed by atoms with Gasteiger partial charge in [-0.05, 0) is 55.9 Å². The molecular weight excluding hydrogens is 212 g/mol. The predicted octanol–water partition coefficient (Wildman–Crippen LogP) is 3.20. The Balaban J connectivity index is 3.20. The van der Waals surface area contributed by atoms with Crippen molar-refractivity contribution in [3.63, 3.8) is 0 Å². The highest BCUT2D eigenvalue weighted by Crippen LogP contribution is 2.34. The number of aliphatic hydroxyl groups excluding tert-OH is 1. The number of rotatable bonds is 4. The van der Waals surface area contributed by atoms with E-state index in [1.165, 1.54) is 5.56 Å². The lowest BCUT2D eigenvalue weighted by Crippen LogP contribution is -2.35. The molecule has 0 aliphatic carbocycles. The lowest BCUT2D eigenvalue weighted by molar-refractivity contribution is -0.0823. The van der Waals surface area contributed by atoms with E-state index in [2.05, 4.69) is 13.0 Å². The van der Waals surface area contributed by atoms with Gasteiger partial charge in [0.2, 0.25) is 0 Å². The fourth-order valence-electron chi connectivity index (χ4n) is 2.20. The number of hydrogen-bond acceptors (Lipinski definition) is 2. The van der Waals surface area contributed by atoms with Gasteiger partial charge < -0.3 is 10.2 Å². The molecule has 0 saturated carbocycles. The summed E-state index contributed by atoms with van der Waals surface area (Å²) in [5.41, 5.74) is 3.24. The average molecular weight is 236 g/mol. The summed E-state index contributed by atoms with van der Waals surface area (Å²) in [6, 6.07) is 4.06. The molecule has 0 aliphatic heterocycles. The van der Waals surface area contributed by atoms with Gasteiger partial charge in [0.1, 0.15) is 6.10 Å². The van der Waals surface area contributed by atoms with E-state index in [1.807, 2.05) is 33.8 Å². The van der Waals surface area contributed by atoms with Crippen LogP contribution in [0.1, 0.15) is 55.0 Å². The first-order valence-corrected chi connectivity index (χ1v) is 6.34. The van der Waals surface area contributed by atoms with Gasteiger partial charge in [-0.25, -0.2) is 0 Å². The second-order valence-electron chi connectivity index (χ2n) is 5.01. The minimum Gasteiger partial charge on any atom is -0.387 e. The van der Waals surface area contributed by atoms with Crippen LogP contribution >= 0.6 is 0 Å². The van der Waals surface area contributed by atoms with Gasteiger partial charge in [0.05, 0.1) is 5.60 Å². The normalized spacial score (nSPS) is 13.8. The second-order valence-corrected chi connectivity index (χ2v) is 5.01. The third-order valence-corrected chi connectivity index (χ3v) is 3.91. The third-order valence-electron chi connectivity index (χ3n) is 3.91. The van der Waals surface area contributed by atoms with Crippen molar-refractivity contribution in [2.45, 2.75) is 59.2 Å². The highest BCUT2D eigenvalue weighted by molar-refractivity contribution is 5.38. The first kappa shape index (κ1) is 14.2. The molecule has 0 saturated heterocycles. The Bertz CT molecular complexity index is 392. The Labute approximate surface area is 104 Å². The van der Waals surface area contributed by atoms with Crippen molar-refractivity contribution in [1.82, 2.24) is 0 Å². The zero-order valence-electron chi connectivity index (χ0n) is 11.5. The van der Waals surface area contributed by atoms with Crippen molar-refractivity contribution < 1.29 is 10.2 Å². The highest BCUT2D eigenvalue weighted by atomic mass is 16.3. The quantitative estimate of drug-likeness (QED) is 0.843. The molecule has 0 spiro atoms. The molecule has 1 aromatic rings. The van der Waals surface area contributed by atoms with E-state index in [1.54, 1.807) is 0 Å². The number of benzene rings is 1.